The van der Waals surface area contributed by atoms with Crippen LogP contribution in [0.4, 0.5) is 5.69 Å². The second-order valence-electron chi connectivity index (χ2n) is 8.63. The van der Waals surface area contributed by atoms with Gasteiger partial charge in [0.05, 0.1) is 17.5 Å². The summed E-state index contributed by atoms with van der Waals surface area (Å²) in [4.78, 5) is 25.0. The first-order chi connectivity index (χ1) is 15.7. The van der Waals surface area contributed by atoms with Crippen molar-refractivity contribution in [1.82, 2.24) is 8.87 Å². The highest BCUT2D eigenvalue weighted by molar-refractivity contribution is 7.89. The summed E-state index contributed by atoms with van der Waals surface area (Å²) < 4.78 is 39.4. The minimum absolute atomic E-state index is 0.0676. The summed E-state index contributed by atoms with van der Waals surface area (Å²) in [6.07, 6.45) is 0.987. The number of ether oxygens (including phenoxy) is 1. The van der Waals surface area contributed by atoms with Crippen LogP contribution in [0.2, 0.25) is 0 Å². The maximum Gasteiger partial charge on any atom is 0.420 e. The lowest BCUT2D eigenvalue weighted by molar-refractivity contribution is -0.116. The molecule has 0 spiro atoms. The number of nitrogens with zero attached hydrogens (tertiary/aromatic N) is 2. The lowest BCUT2D eigenvalue weighted by Crippen LogP contribution is -2.42. The molecular formula is C23H27N3O6S. The van der Waals surface area contributed by atoms with Gasteiger partial charge in [0.25, 0.3) is 0 Å². The molecule has 1 fully saturated rings. The number of carbonyl (C=O) groups is 1. The SMILES string of the molecule is COc1cccc(NC(=O)Cn2c(=O)oc3cc(S(=O)(=O)N4CC(C)CC(C)C4)ccc32)c1. The molecule has 1 N–H and O–H groups in total. The number of methoxy groups -OCH3 is 1. The quantitative estimate of drug-likeness (QED) is 0.589. The number of hydrogen-bond donors (Lipinski definition) is 1. The topological polar surface area (TPSA) is 111 Å². The first-order valence-electron chi connectivity index (χ1n) is 10.7. The Kier molecular flexibility index (Phi) is 6.31. The molecule has 0 saturated carbocycles. The first kappa shape index (κ1) is 23.1. The van der Waals surface area contributed by atoms with Gasteiger partial charge >= 0.3 is 5.76 Å². The van der Waals surface area contributed by atoms with Crippen molar-refractivity contribution in [2.24, 2.45) is 11.8 Å². The Hall–Kier alpha value is -3.11. The van der Waals surface area contributed by atoms with E-state index in [-0.39, 0.29) is 28.9 Å². The van der Waals surface area contributed by atoms with Crippen LogP contribution in [-0.4, -0.2) is 43.4 Å². The molecular weight excluding hydrogens is 446 g/mol. The van der Waals surface area contributed by atoms with Gasteiger partial charge in [0, 0.05) is 30.9 Å². The molecule has 1 aromatic heterocycles. The van der Waals surface area contributed by atoms with Crippen LogP contribution < -0.4 is 15.8 Å². The van der Waals surface area contributed by atoms with Gasteiger partial charge in [-0.2, -0.15) is 4.31 Å². The van der Waals surface area contributed by atoms with Gasteiger partial charge in [-0.25, -0.2) is 13.2 Å². The standard InChI is InChI=1S/C23H27N3O6S/c1-15-9-16(2)13-25(12-15)33(29,30)19-7-8-20-21(11-19)32-23(28)26(20)14-22(27)24-17-5-4-6-18(10-17)31-3/h4-8,10-11,15-16H,9,12-14H2,1-3H3,(H,24,27). The summed E-state index contributed by atoms with van der Waals surface area (Å²) in [6, 6.07) is 11.2. The average molecular weight is 474 g/mol. The molecule has 2 aromatic carbocycles. The summed E-state index contributed by atoms with van der Waals surface area (Å²) in [5.74, 6) is -0.0321. The van der Waals surface area contributed by atoms with Crippen LogP contribution in [0.25, 0.3) is 11.1 Å². The van der Waals surface area contributed by atoms with Gasteiger partial charge in [-0.15, -0.1) is 0 Å². The van der Waals surface area contributed by atoms with Crippen LogP contribution in [0, 0.1) is 11.8 Å². The predicted molar refractivity (Wildman–Crippen MR) is 124 cm³/mol. The maximum absolute atomic E-state index is 13.2. The van der Waals surface area contributed by atoms with Gasteiger partial charge in [0.1, 0.15) is 12.3 Å². The van der Waals surface area contributed by atoms with E-state index in [0.29, 0.717) is 30.0 Å². The molecule has 2 atom stereocenters. The Balaban J connectivity index is 1.57. The molecule has 1 amide bonds. The number of piperidine rings is 1. The molecule has 0 aliphatic carbocycles. The van der Waals surface area contributed by atoms with Crippen molar-refractivity contribution in [3.8, 4) is 5.75 Å². The van der Waals surface area contributed by atoms with Gasteiger partial charge in [0.2, 0.25) is 15.9 Å². The number of rotatable bonds is 6. The number of fused-ring (bicyclic) bond motifs is 1. The average Bonchev–Trinajstić information content (AvgIpc) is 3.07. The molecule has 2 unspecified atom stereocenters. The smallest absolute Gasteiger partial charge is 0.420 e. The van der Waals surface area contributed by atoms with Crippen molar-refractivity contribution in [1.29, 1.82) is 0 Å². The highest BCUT2D eigenvalue weighted by atomic mass is 32.2. The fraction of sp³-hybridized carbons (Fsp3) is 0.391. The molecule has 0 bridgehead atoms. The normalized spacial score (nSPS) is 19.5. The van der Waals surface area contributed by atoms with Crippen LogP contribution in [-0.2, 0) is 21.4 Å². The van der Waals surface area contributed by atoms with Crippen molar-refractivity contribution >= 4 is 32.7 Å². The van der Waals surface area contributed by atoms with Gasteiger partial charge in [-0.1, -0.05) is 19.9 Å². The van der Waals surface area contributed by atoms with Crippen molar-refractivity contribution in [2.75, 3.05) is 25.5 Å². The molecule has 1 aliphatic rings. The van der Waals surface area contributed by atoms with E-state index in [2.05, 4.69) is 5.32 Å². The minimum Gasteiger partial charge on any atom is -0.497 e. The van der Waals surface area contributed by atoms with Crippen molar-refractivity contribution in [2.45, 2.75) is 31.7 Å². The van der Waals surface area contributed by atoms with Crippen LogP contribution in [0.5, 0.6) is 5.75 Å². The Morgan fingerprint density at radius 1 is 1.15 bits per heavy atom. The zero-order valence-electron chi connectivity index (χ0n) is 18.8. The Morgan fingerprint density at radius 2 is 1.88 bits per heavy atom. The summed E-state index contributed by atoms with van der Waals surface area (Å²) in [5.41, 5.74) is 0.993. The summed E-state index contributed by atoms with van der Waals surface area (Å²) >= 11 is 0. The summed E-state index contributed by atoms with van der Waals surface area (Å²) in [6.45, 7) is 4.71. The molecule has 3 aromatic rings. The van der Waals surface area contributed by atoms with E-state index in [1.165, 1.54) is 34.2 Å². The van der Waals surface area contributed by atoms with E-state index in [1.54, 1.807) is 24.3 Å². The third-order valence-corrected chi connectivity index (χ3v) is 7.60. The van der Waals surface area contributed by atoms with Crippen molar-refractivity contribution in [3.05, 3.63) is 53.0 Å². The number of oxazole rings is 1. The monoisotopic (exact) mass is 473 g/mol. The zero-order chi connectivity index (χ0) is 23.8. The fourth-order valence-corrected chi connectivity index (χ4v) is 6.05. The van der Waals surface area contributed by atoms with E-state index < -0.39 is 21.7 Å². The summed E-state index contributed by atoms with van der Waals surface area (Å²) in [7, 11) is -2.20. The number of carbonyl (C=O) groups excluding carboxylic acids is 1. The Bertz CT molecular complexity index is 1330. The largest absolute Gasteiger partial charge is 0.497 e. The Labute approximate surface area is 192 Å². The van der Waals surface area contributed by atoms with Crippen LogP contribution >= 0.6 is 0 Å². The highest BCUT2D eigenvalue weighted by Gasteiger charge is 2.32. The molecule has 176 valence electrons. The lowest BCUT2D eigenvalue weighted by Gasteiger charge is -2.34. The molecule has 1 saturated heterocycles. The third kappa shape index (κ3) is 4.81. The Morgan fingerprint density at radius 3 is 2.58 bits per heavy atom. The number of nitrogens with one attached hydrogen (secondary N) is 1. The third-order valence-electron chi connectivity index (χ3n) is 5.77. The van der Waals surface area contributed by atoms with Crippen molar-refractivity contribution < 1.29 is 22.4 Å². The number of anilines is 1. The fourth-order valence-electron chi connectivity index (χ4n) is 4.35. The number of benzene rings is 2. The van der Waals surface area contributed by atoms with E-state index in [1.807, 2.05) is 13.8 Å². The number of sulfonamides is 1. The molecule has 2 heterocycles. The predicted octanol–water partition coefficient (Wildman–Crippen LogP) is 2.91. The molecule has 4 rings (SSSR count). The van der Waals surface area contributed by atoms with Crippen molar-refractivity contribution in [3.63, 3.8) is 0 Å². The summed E-state index contributed by atoms with van der Waals surface area (Å²) in [5, 5.41) is 2.71. The lowest BCUT2D eigenvalue weighted by atomic mass is 9.94. The van der Waals surface area contributed by atoms with E-state index >= 15 is 0 Å². The second kappa shape index (κ2) is 9.03. The number of aromatic nitrogens is 1. The van der Waals surface area contributed by atoms with Gasteiger partial charge in [0.15, 0.2) is 5.58 Å². The number of hydrogen-bond acceptors (Lipinski definition) is 6. The van der Waals surface area contributed by atoms with E-state index in [9.17, 15) is 18.0 Å². The molecule has 33 heavy (non-hydrogen) atoms. The number of amides is 1. The first-order valence-corrected chi connectivity index (χ1v) is 12.2. The van der Waals surface area contributed by atoms with E-state index in [4.69, 9.17) is 9.15 Å². The highest BCUT2D eigenvalue weighted by Crippen LogP contribution is 2.28. The molecule has 1 aliphatic heterocycles. The molecule has 0 radical (unpaired) electrons. The maximum atomic E-state index is 13.2. The molecule has 9 nitrogen and oxygen atoms in total. The second-order valence-corrected chi connectivity index (χ2v) is 10.6. The van der Waals surface area contributed by atoms with Crippen LogP contribution in [0.1, 0.15) is 20.3 Å². The van der Waals surface area contributed by atoms with Gasteiger partial charge < -0.3 is 14.5 Å². The van der Waals surface area contributed by atoms with Gasteiger partial charge in [-0.3, -0.25) is 9.36 Å². The van der Waals surface area contributed by atoms with Crippen LogP contribution in [0.3, 0.4) is 0 Å². The van der Waals surface area contributed by atoms with Crippen LogP contribution in [0.15, 0.2) is 56.6 Å². The van der Waals surface area contributed by atoms with Gasteiger partial charge in [-0.05, 0) is 42.5 Å². The molecule has 10 heteroatoms. The zero-order valence-corrected chi connectivity index (χ0v) is 19.6. The minimum atomic E-state index is -3.72. The van der Waals surface area contributed by atoms with E-state index in [0.717, 1.165) is 6.42 Å².